The Kier molecular flexibility index (Phi) is 5.47. The number of benzene rings is 1. The fourth-order valence-corrected chi connectivity index (χ4v) is 3.51. The second-order valence-corrected chi connectivity index (χ2v) is 7.10. The Hall–Kier alpha value is -2.23. The average Bonchev–Trinajstić information content (AvgIpc) is 2.60. The molecule has 0 fully saturated rings. The van der Waals surface area contributed by atoms with E-state index >= 15 is 0 Å². The molecule has 0 aliphatic heterocycles. The van der Waals surface area contributed by atoms with E-state index in [0.717, 1.165) is 36.3 Å². The van der Waals surface area contributed by atoms with Gasteiger partial charge in [-0.15, -0.1) is 0 Å². The van der Waals surface area contributed by atoms with Crippen molar-refractivity contribution in [3.8, 4) is 11.3 Å². The first kappa shape index (κ1) is 17.6. The molecule has 4 nitrogen and oxygen atoms in total. The molecule has 0 bridgehead atoms. The highest BCUT2D eigenvalue weighted by molar-refractivity contribution is 5.88. The molecule has 1 heterocycles. The zero-order valence-electron chi connectivity index (χ0n) is 15.4. The molecule has 0 radical (unpaired) electrons. The minimum atomic E-state index is -0.0899. The van der Waals surface area contributed by atoms with Gasteiger partial charge in [0.15, 0.2) is 5.82 Å². The van der Waals surface area contributed by atoms with Gasteiger partial charge >= 0.3 is 0 Å². The molecule has 25 heavy (non-hydrogen) atoms. The number of hydrogen-bond acceptors (Lipinski definition) is 3. The van der Waals surface area contributed by atoms with Gasteiger partial charge in [-0.05, 0) is 30.7 Å². The molecule has 0 saturated heterocycles. The van der Waals surface area contributed by atoms with Crippen LogP contribution in [-0.2, 0) is 24.1 Å². The Morgan fingerprint density at radius 1 is 1.24 bits per heavy atom. The number of unbranched alkanes of at least 4 members (excludes halogenated alkanes) is 1. The van der Waals surface area contributed by atoms with E-state index in [1.165, 1.54) is 37.3 Å². The molecule has 0 saturated carbocycles. The van der Waals surface area contributed by atoms with E-state index in [-0.39, 0.29) is 5.91 Å². The minimum absolute atomic E-state index is 0.0899. The van der Waals surface area contributed by atoms with Gasteiger partial charge < -0.3 is 5.32 Å². The highest BCUT2D eigenvalue weighted by Crippen LogP contribution is 2.33. The molecule has 3 rings (SSSR count). The van der Waals surface area contributed by atoms with Crippen molar-refractivity contribution < 1.29 is 4.79 Å². The molecule has 1 aliphatic rings. The van der Waals surface area contributed by atoms with Gasteiger partial charge in [0.1, 0.15) is 0 Å². The summed E-state index contributed by atoms with van der Waals surface area (Å²) in [5, 5.41) is 2.90. The molecule has 4 heteroatoms. The molecule has 1 aromatic carbocycles. The third kappa shape index (κ3) is 4.06. The maximum Gasteiger partial charge on any atom is 0.222 e. The molecule has 1 N–H and O–H groups in total. The van der Waals surface area contributed by atoms with Crippen LogP contribution in [-0.4, -0.2) is 15.9 Å². The summed E-state index contributed by atoms with van der Waals surface area (Å²) in [5.74, 6) is 1.08. The Morgan fingerprint density at radius 3 is 2.80 bits per heavy atom. The smallest absolute Gasteiger partial charge is 0.222 e. The summed E-state index contributed by atoms with van der Waals surface area (Å²) in [4.78, 5) is 21.4. The third-order valence-electron chi connectivity index (χ3n) is 4.83. The lowest BCUT2D eigenvalue weighted by atomic mass is 9.91. The van der Waals surface area contributed by atoms with Gasteiger partial charge in [0.2, 0.25) is 5.91 Å². The first-order chi connectivity index (χ1) is 12.1. The fraction of sp³-hybridized carbons (Fsp3) is 0.476. The summed E-state index contributed by atoms with van der Waals surface area (Å²) >= 11 is 0. The van der Waals surface area contributed by atoms with Crippen LogP contribution in [0, 0.1) is 5.92 Å². The lowest BCUT2D eigenvalue weighted by Gasteiger charge is -2.21. The Balaban J connectivity index is 1.99. The summed E-state index contributed by atoms with van der Waals surface area (Å²) in [6, 6.07) is 8.44. The number of anilines is 1. The molecular formula is C21H27N3O. The fourth-order valence-electron chi connectivity index (χ4n) is 3.51. The summed E-state index contributed by atoms with van der Waals surface area (Å²) in [5.41, 5.74) is 5.42. The highest BCUT2D eigenvalue weighted by Gasteiger charge is 2.22. The van der Waals surface area contributed by atoms with Gasteiger partial charge in [-0.3, -0.25) is 4.79 Å². The topological polar surface area (TPSA) is 54.9 Å². The molecular weight excluding hydrogens is 310 g/mol. The monoisotopic (exact) mass is 337 g/mol. The summed E-state index contributed by atoms with van der Waals surface area (Å²) in [6.45, 7) is 5.99. The van der Waals surface area contributed by atoms with Crippen LogP contribution >= 0.6 is 0 Å². The molecule has 1 amide bonds. The first-order valence-corrected chi connectivity index (χ1v) is 9.34. The van der Waals surface area contributed by atoms with Crippen molar-refractivity contribution in [2.75, 3.05) is 5.32 Å². The number of carbonyl (C=O) groups excluding carboxylic acids is 1. The number of fused-ring (bicyclic) bond motifs is 3. The predicted molar refractivity (Wildman–Crippen MR) is 102 cm³/mol. The number of nitrogens with one attached hydrogen (secondary N) is 1. The van der Waals surface area contributed by atoms with Crippen molar-refractivity contribution in [1.82, 2.24) is 9.97 Å². The summed E-state index contributed by atoms with van der Waals surface area (Å²) in [7, 11) is 0. The van der Waals surface area contributed by atoms with Crippen LogP contribution in [0.4, 0.5) is 5.82 Å². The zero-order valence-corrected chi connectivity index (χ0v) is 15.4. The highest BCUT2D eigenvalue weighted by atomic mass is 16.1. The average molecular weight is 337 g/mol. The van der Waals surface area contributed by atoms with E-state index in [1.54, 1.807) is 0 Å². The number of nitrogens with zero attached hydrogens (tertiary/aromatic N) is 2. The van der Waals surface area contributed by atoms with Crippen LogP contribution in [0.2, 0.25) is 0 Å². The minimum Gasteiger partial charge on any atom is -0.309 e. The van der Waals surface area contributed by atoms with Crippen LogP contribution < -0.4 is 5.32 Å². The molecule has 1 aliphatic carbocycles. The number of amides is 1. The second kappa shape index (κ2) is 7.77. The third-order valence-corrected chi connectivity index (χ3v) is 4.83. The maximum absolute atomic E-state index is 11.6. The number of carbonyl (C=O) groups is 1. The molecule has 1 aromatic heterocycles. The number of rotatable bonds is 6. The van der Waals surface area contributed by atoms with Crippen molar-refractivity contribution in [3.63, 3.8) is 0 Å². The van der Waals surface area contributed by atoms with Crippen LogP contribution in [0.1, 0.15) is 57.0 Å². The van der Waals surface area contributed by atoms with Crippen molar-refractivity contribution in [1.29, 1.82) is 0 Å². The van der Waals surface area contributed by atoms with Gasteiger partial charge in [-0.1, -0.05) is 57.4 Å². The van der Waals surface area contributed by atoms with E-state index in [4.69, 9.17) is 9.97 Å². The van der Waals surface area contributed by atoms with E-state index in [2.05, 4.69) is 43.4 Å². The number of hydrogen-bond donors (Lipinski definition) is 1. The van der Waals surface area contributed by atoms with E-state index in [1.807, 2.05) is 0 Å². The Bertz CT molecular complexity index is 770. The quantitative estimate of drug-likeness (QED) is 0.840. The van der Waals surface area contributed by atoms with Crippen LogP contribution in [0.5, 0.6) is 0 Å². The standard InChI is InChI=1S/C21H27N3O/c1-4-5-8-14(2)13-19-21(22-15(3)25)24-18-12-11-16-9-6-7-10-17(16)20(18)23-19/h6-7,9-10,14H,4-5,8,11-13H2,1-3H3,(H,22,24,25). The maximum atomic E-state index is 11.6. The molecule has 0 spiro atoms. The van der Waals surface area contributed by atoms with E-state index < -0.39 is 0 Å². The normalized spacial score (nSPS) is 13.7. The summed E-state index contributed by atoms with van der Waals surface area (Å²) in [6.07, 6.45) is 6.29. The Morgan fingerprint density at radius 2 is 2.04 bits per heavy atom. The van der Waals surface area contributed by atoms with Gasteiger partial charge in [0.05, 0.1) is 17.1 Å². The largest absolute Gasteiger partial charge is 0.309 e. The van der Waals surface area contributed by atoms with Crippen molar-refractivity contribution in [2.24, 2.45) is 5.92 Å². The second-order valence-electron chi connectivity index (χ2n) is 7.10. The molecule has 2 aromatic rings. The van der Waals surface area contributed by atoms with E-state index in [0.29, 0.717) is 11.7 Å². The number of aryl methyl sites for hydroxylation is 2. The molecule has 132 valence electrons. The van der Waals surface area contributed by atoms with Crippen LogP contribution in [0.3, 0.4) is 0 Å². The van der Waals surface area contributed by atoms with Gasteiger partial charge in [0, 0.05) is 12.5 Å². The van der Waals surface area contributed by atoms with Crippen molar-refractivity contribution >= 4 is 11.7 Å². The van der Waals surface area contributed by atoms with E-state index in [9.17, 15) is 4.79 Å². The molecule has 1 atom stereocenters. The predicted octanol–water partition coefficient (Wildman–Crippen LogP) is 4.57. The van der Waals surface area contributed by atoms with Crippen molar-refractivity contribution in [3.05, 3.63) is 41.2 Å². The van der Waals surface area contributed by atoms with Crippen molar-refractivity contribution in [2.45, 2.75) is 59.3 Å². The van der Waals surface area contributed by atoms with Gasteiger partial charge in [-0.25, -0.2) is 9.97 Å². The lowest BCUT2D eigenvalue weighted by Crippen LogP contribution is -2.17. The Labute approximate surface area is 150 Å². The lowest BCUT2D eigenvalue weighted by molar-refractivity contribution is -0.114. The van der Waals surface area contributed by atoms with Gasteiger partial charge in [0.25, 0.3) is 0 Å². The zero-order chi connectivity index (χ0) is 17.8. The number of aromatic nitrogens is 2. The SMILES string of the molecule is CCCCC(C)Cc1nc2c(nc1NC(C)=O)CCc1ccccc1-2. The first-order valence-electron chi connectivity index (χ1n) is 9.34. The van der Waals surface area contributed by atoms with Crippen LogP contribution in [0.15, 0.2) is 24.3 Å². The molecule has 1 unspecified atom stereocenters. The summed E-state index contributed by atoms with van der Waals surface area (Å²) < 4.78 is 0. The van der Waals surface area contributed by atoms with Gasteiger partial charge in [-0.2, -0.15) is 0 Å². The van der Waals surface area contributed by atoms with Crippen LogP contribution in [0.25, 0.3) is 11.3 Å².